The Kier molecular flexibility index (Phi) is 5.41. The fraction of sp³-hybridized carbons (Fsp3) is 0.500. The van der Waals surface area contributed by atoms with E-state index in [1.807, 2.05) is 45.0 Å². The average Bonchev–Trinajstić information content (AvgIpc) is 3.34. The maximum Gasteiger partial charge on any atom is 0.223 e. The molecule has 3 heterocycles. The van der Waals surface area contributed by atoms with Crippen LogP contribution in [-0.4, -0.2) is 58.4 Å². The minimum atomic E-state index is -0.870. The number of halogens is 1. The Hall–Kier alpha value is -2.24. The highest BCUT2D eigenvalue weighted by Crippen LogP contribution is 2.50. The molecular formula is C22H27ClN6O3S. The largest absolute Gasteiger partial charge is 0.396 e. The van der Waals surface area contributed by atoms with E-state index in [1.165, 1.54) is 11.3 Å². The lowest BCUT2D eigenvalue weighted by Gasteiger charge is -2.31. The van der Waals surface area contributed by atoms with Crippen molar-refractivity contribution in [3.63, 3.8) is 0 Å². The summed E-state index contributed by atoms with van der Waals surface area (Å²) in [5.41, 5.74) is 7.60. The Morgan fingerprint density at radius 3 is 2.82 bits per heavy atom. The van der Waals surface area contributed by atoms with Gasteiger partial charge in [-0.1, -0.05) is 11.6 Å². The van der Waals surface area contributed by atoms with Gasteiger partial charge >= 0.3 is 0 Å². The van der Waals surface area contributed by atoms with Crippen molar-refractivity contribution in [1.29, 1.82) is 0 Å². The van der Waals surface area contributed by atoms with E-state index in [2.05, 4.69) is 21.4 Å². The number of fused-ring (bicyclic) bond motifs is 2. The van der Waals surface area contributed by atoms with Crippen LogP contribution >= 0.6 is 22.9 Å². The Bertz CT molecular complexity index is 1220. The molecule has 3 atom stereocenters. The lowest BCUT2D eigenvalue weighted by Crippen LogP contribution is -2.46. The first-order valence-electron chi connectivity index (χ1n) is 10.8. The van der Waals surface area contributed by atoms with Crippen molar-refractivity contribution in [1.82, 2.24) is 15.0 Å². The van der Waals surface area contributed by atoms with Gasteiger partial charge in [0.05, 0.1) is 15.8 Å². The molecule has 1 saturated carbocycles. The number of anilines is 3. The fourth-order valence-electron chi connectivity index (χ4n) is 4.72. The van der Waals surface area contributed by atoms with Gasteiger partial charge in [0.1, 0.15) is 22.1 Å². The zero-order valence-electron chi connectivity index (χ0n) is 18.9. The van der Waals surface area contributed by atoms with Gasteiger partial charge in [0.15, 0.2) is 11.5 Å². The number of hydrogen-bond donors (Lipinski definition) is 3. The van der Waals surface area contributed by atoms with Crippen LogP contribution in [0.3, 0.4) is 0 Å². The number of thiazole rings is 1. The van der Waals surface area contributed by atoms with E-state index in [0.29, 0.717) is 22.8 Å². The number of aliphatic hydroxyl groups is 1. The molecule has 4 N–H and O–H groups in total. The second kappa shape index (κ2) is 7.92. The van der Waals surface area contributed by atoms with E-state index < -0.39 is 11.5 Å². The van der Waals surface area contributed by atoms with Gasteiger partial charge in [0.2, 0.25) is 5.95 Å². The zero-order chi connectivity index (χ0) is 23.5. The Labute approximate surface area is 200 Å². The molecule has 3 unspecified atom stereocenters. The van der Waals surface area contributed by atoms with Crippen molar-refractivity contribution in [2.24, 2.45) is 5.92 Å². The first-order chi connectivity index (χ1) is 15.6. The van der Waals surface area contributed by atoms with E-state index in [1.54, 1.807) is 0 Å². The fourth-order valence-corrected chi connectivity index (χ4v) is 6.09. The number of nitrogens with two attached hydrogens (primary N) is 1. The van der Waals surface area contributed by atoms with Gasteiger partial charge in [-0.05, 0) is 44.9 Å². The molecule has 2 aromatic heterocycles. The summed E-state index contributed by atoms with van der Waals surface area (Å²) in [5.74, 6) is -0.384. The molecule has 2 fully saturated rings. The second-order valence-electron chi connectivity index (χ2n) is 9.20. The summed E-state index contributed by atoms with van der Waals surface area (Å²) in [7, 11) is 4.00. The highest BCUT2D eigenvalue weighted by Gasteiger charge is 2.60. The summed E-state index contributed by atoms with van der Waals surface area (Å²) in [5, 5.41) is 14.2. The number of ether oxygens (including phenoxy) is 2. The summed E-state index contributed by atoms with van der Waals surface area (Å²) in [6.07, 6.45) is 1.04. The quantitative estimate of drug-likeness (QED) is 0.459. The SMILES string of the molecule is CN(C)c1ccc2nc(-c3c(Cl)nc(N)nc3NC34CCC(CO)C3OC(C)(C)O4)sc2c1. The lowest BCUT2D eigenvalue weighted by molar-refractivity contribution is -0.168. The van der Waals surface area contributed by atoms with Gasteiger partial charge in [0.25, 0.3) is 0 Å². The van der Waals surface area contributed by atoms with E-state index in [4.69, 9.17) is 31.8 Å². The molecule has 176 valence electrons. The summed E-state index contributed by atoms with van der Waals surface area (Å²) in [6.45, 7) is 3.74. The average molecular weight is 491 g/mol. The molecule has 33 heavy (non-hydrogen) atoms. The number of rotatable bonds is 5. The van der Waals surface area contributed by atoms with Crippen LogP contribution in [0, 0.1) is 5.92 Å². The Balaban J connectivity index is 1.60. The summed E-state index contributed by atoms with van der Waals surface area (Å²) in [4.78, 5) is 15.5. The first kappa shape index (κ1) is 22.5. The minimum Gasteiger partial charge on any atom is -0.396 e. The highest BCUT2D eigenvalue weighted by atomic mass is 35.5. The summed E-state index contributed by atoms with van der Waals surface area (Å²) >= 11 is 8.10. The van der Waals surface area contributed by atoms with Crippen LogP contribution in [0.5, 0.6) is 0 Å². The molecule has 1 aliphatic heterocycles. The van der Waals surface area contributed by atoms with Gasteiger partial charge < -0.3 is 30.5 Å². The van der Waals surface area contributed by atoms with Crippen molar-refractivity contribution in [2.45, 2.75) is 44.3 Å². The van der Waals surface area contributed by atoms with Crippen molar-refractivity contribution < 1.29 is 14.6 Å². The number of hydrogen-bond acceptors (Lipinski definition) is 10. The third-order valence-corrected chi connectivity index (χ3v) is 7.47. The molecule has 0 amide bonds. The molecule has 0 spiro atoms. The van der Waals surface area contributed by atoms with Crippen LogP contribution < -0.4 is 16.0 Å². The molecule has 5 rings (SSSR count). The molecule has 9 nitrogen and oxygen atoms in total. The summed E-state index contributed by atoms with van der Waals surface area (Å²) in [6, 6.07) is 6.09. The number of nitrogen functional groups attached to an aromatic ring is 1. The van der Waals surface area contributed by atoms with E-state index >= 15 is 0 Å². The molecule has 1 saturated heterocycles. The van der Waals surface area contributed by atoms with Crippen LogP contribution in [0.4, 0.5) is 17.5 Å². The number of nitrogens with one attached hydrogen (secondary N) is 1. The lowest BCUT2D eigenvalue weighted by atomic mass is 10.0. The molecular weight excluding hydrogens is 464 g/mol. The van der Waals surface area contributed by atoms with Crippen LogP contribution in [0.15, 0.2) is 18.2 Å². The van der Waals surface area contributed by atoms with E-state index in [9.17, 15) is 5.11 Å². The molecule has 1 aromatic carbocycles. The minimum absolute atomic E-state index is 0.0130. The van der Waals surface area contributed by atoms with Crippen LogP contribution in [0.1, 0.15) is 26.7 Å². The summed E-state index contributed by atoms with van der Waals surface area (Å²) < 4.78 is 13.6. The molecule has 11 heteroatoms. The molecule has 0 radical (unpaired) electrons. The Morgan fingerprint density at radius 1 is 1.30 bits per heavy atom. The molecule has 1 aliphatic carbocycles. The molecule has 3 aromatic rings. The van der Waals surface area contributed by atoms with Gasteiger partial charge in [-0.25, -0.2) is 9.97 Å². The standard InChI is InChI=1S/C22H27ClN6O3S/c1-21(2)31-16-11(10-30)7-8-22(16,32-21)28-18-15(17(23)26-20(24)27-18)19-25-13-6-5-12(29(3)4)9-14(13)33-19/h5-6,9,11,16,30H,7-8,10H2,1-4H3,(H3,24,26,27,28). The van der Waals surface area contributed by atoms with Crippen molar-refractivity contribution in [3.05, 3.63) is 23.4 Å². The maximum atomic E-state index is 9.88. The topological polar surface area (TPSA) is 119 Å². The third kappa shape index (κ3) is 3.89. The van der Waals surface area contributed by atoms with E-state index in [0.717, 1.165) is 22.3 Å². The number of nitrogens with zero attached hydrogens (tertiary/aromatic N) is 4. The number of aliphatic hydroxyl groups excluding tert-OH is 1. The zero-order valence-corrected chi connectivity index (χ0v) is 20.5. The van der Waals surface area contributed by atoms with Gasteiger partial charge in [-0.2, -0.15) is 4.98 Å². The normalized spacial score (nSPS) is 26.0. The van der Waals surface area contributed by atoms with Crippen LogP contribution in [0.25, 0.3) is 20.8 Å². The van der Waals surface area contributed by atoms with Gasteiger partial charge in [-0.3, -0.25) is 0 Å². The van der Waals surface area contributed by atoms with Crippen molar-refractivity contribution >= 4 is 50.6 Å². The highest BCUT2D eigenvalue weighted by molar-refractivity contribution is 7.21. The maximum absolute atomic E-state index is 9.88. The molecule has 0 bridgehead atoms. The monoisotopic (exact) mass is 490 g/mol. The van der Waals surface area contributed by atoms with Crippen molar-refractivity contribution in [3.8, 4) is 10.6 Å². The Morgan fingerprint density at radius 2 is 2.09 bits per heavy atom. The smallest absolute Gasteiger partial charge is 0.223 e. The van der Waals surface area contributed by atoms with Crippen LogP contribution in [-0.2, 0) is 9.47 Å². The van der Waals surface area contributed by atoms with Crippen molar-refractivity contribution in [2.75, 3.05) is 36.7 Å². The van der Waals surface area contributed by atoms with E-state index in [-0.39, 0.29) is 29.7 Å². The van der Waals surface area contributed by atoms with Gasteiger partial charge in [-0.15, -0.1) is 11.3 Å². The van der Waals surface area contributed by atoms with Gasteiger partial charge in [0, 0.05) is 32.3 Å². The molecule has 2 aliphatic rings. The third-order valence-electron chi connectivity index (χ3n) is 6.16. The number of aromatic nitrogens is 3. The van der Waals surface area contributed by atoms with Crippen LogP contribution in [0.2, 0.25) is 5.15 Å². The predicted octanol–water partition coefficient (Wildman–Crippen LogP) is 3.72. The predicted molar refractivity (Wildman–Crippen MR) is 131 cm³/mol. The first-order valence-corrected chi connectivity index (χ1v) is 12.0. The number of benzene rings is 1. The second-order valence-corrected chi connectivity index (χ2v) is 10.6.